The highest BCUT2D eigenvalue weighted by Crippen LogP contribution is 2.40. The first-order valence-corrected chi connectivity index (χ1v) is 9.60. The normalized spacial score (nSPS) is 25.0. The molecule has 0 aliphatic heterocycles. The van der Waals surface area contributed by atoms with Crippen LogP contribution < -0.4 is 5.32 Å². The molecule has 5 nitrogen and oxygen atoms in total. The first-order valence-electron chi connectivity index (χ1n) is 8.78. The van der Waals surface area contributed by atoms with E-state index < -0.39 is 17.8 Å². The average molecular weight is 358 g/mol. The maximum absolute atomic E-state index is 12.7. The molecule has 0 radical (unpaired) electrons. The smallest absolute Gasteiger partial charge is 0.307 e. The van der Waals surface area contributed by atoms with Crippen LogP contribution in [0.4, 0.5) is 5.00 Å². The van der Waals surface area contributed by atoms with Gasteiger partial charge in [0.15, 0.2) is 0 Å². The Morgan fingerprint density at radius 1 is 1.36 bits per heavy atom. The predicted molar refractivity (Wildman–Crippen MR) is 96.5 cm³/mol. The van der Waals surface area contributed by atoms with Gasteiger partial charge in [0.05, 0.1) is 17.4 Å². The van der Waals surface area contributed by atoms with E-state index in [0.29, 0.717) is 29.3 Å². The van der Waals surface area contributed by atoms with Crippen LogP contribution in [0.3, 0.4) is 0 Å². The van der Waals surface area contributed by atoms with E-state index in [-0.39, 0.29) is 5.91 Å². The molecule has 0 bridgehead atoms. The van der Waals surface area contributed by atoms with E-state index in [1.165, 1.54) is 16.2 Å². The summed E-state index contributed by atoms with van der Waals surface area (Å²) in [5.41, 5.74) is 1.65. The number of nitriles is 1. The number of nitrogens with one attached hydrogen (secondary N) is 1. The first kappa shape index (κ1) is 17.7. The summed E-state index contributed by atoms with van der Waals surface area (Å²) in [5, 5.41) is 22.4. The van der Waals surface area contributed by atoms with E-state index in [9.17, 15) is 20.0 Å². The fraction of sp³-hybridized carbons (Fsp3) is 0.526. The van der Waals surface area contributed by atoms with Gasteiger partial charge in [-0.15, -0.1) is 11.3 Å². The largest absolute Gasteiger partial charge is 0.481 e. The number of rotatable bonds is 4. The Kier molecular flexibility index (Phi) is 5.24. The van der Waals surface area contributed by atoms with Crippen LogP contribution in [0.1, 0.15) is 48.6 Å². The van der Waals surface area contributed by atoms with Crippen molar-refractivity contribution < 1.29 is 14.7 Å². The van der Waals surface area contributed by atoms with Gasteiger partial charge in [0.2, 0.25) is 5.91 Å². The number of hydrogen-bond donors (Lipinski definition) is 2. The standard InChI is InChI=1S/C19H22N2O3S/c1-2-11-7-8-12-15(10-20)18(25-16(12)9-11)21-17(22)13-5-3-4-6-14(13)19(23)24/h3-4,11,13-14H,2,5-9H2,1H3,(H,21,22)(H,23,24)/t11-,13+,14-/m0/s1. The van der Waals surface area contributed by atoms with Crippen molar-refractivity contribution in [3.05, 3.63) is 28.2 Å². The van der Waals surface area contributed by atoms with Crippen LogP contribution in [-0.2, 0) is 22.4 Å². The zero-order valence-electron chi connectivity index (χ0n) is 14.2. The van der Waals surface area contributed by atoms with Gasteiger partial charge in [-0.2, -0.15) is 5.26 Å². The summed E-state index contributed by atoms with van der Waals surface area (Å²) < 4.78 is 0. The predicted octanol–water partition coefficient (Wildman–Crippen LogP) is 3.74. The zero-order chi connectivity index (χ0) is 18.0. The summed E-state index contributed by atoms with van der Waals surface area (Å²) in [6.07, 6.45) is 8.52. The van der Waals surface area contributed by atoms with E-state index in [4.69, 9.17) is 0 Å². The molecule has 2 aliphatic carbocycles. The quantitative estimate of drug-likeness (QED) is 0.802. The highest BCUT2D eigenvalue weighted by Gasteiger charge is 2.35. The Bertz CT molecular complexity index is 759. The molecule has 25 heavy (non-hydrogen) atoms. The molecule has 1 aromatic heterocycles. The highest BCUT2D eigenvalue weighted by atomic mass is 32.1. The third-order valence-electron chi connectivity index (χ3n) is 5.38. The second-order valence-corrected chi connectivity index (χ2v) is 7.93. The number of carbonyl (C=O) groups is 2. The monoisotopic (exact) mass is 358 g/mol. The summed E-state index contributed by atoms with van der Waals surface area (Å²) in [6.45, 7) is 2.18. The van der Waals surface area contributed by atoms with Crippen LogP contribution in [-0.4, -0.2) is 17.0 Å². The van der Waals surface area contributed by atoms with Gasteiger partial charge in [-0.3, -0.25) is 9.59 Å². The molecule has 3 atom stereocenters. The number of thiophene rings is 1. The first-order chi connectivity index (χ1) is 12.0. The number of carboxylic acid groups (broad SMARTS) is 1. The minimum absolute atomic E-state index is 0.293. The molecule has 132 valence electrons. The average Bonchev–Trinajstić information content (AvgIpc) is 2.97. The molecule has 2 aliphatic rings. The number of anilines is 1. The van der Waals surface area contributed by atoms with E-state index in [2.05, 4.69) is 18.3 Å². The van der Waals surface area contributed by atoms with Crippen LogP contribution in [0.15, 0.2) is 12.2 Å². The second-order valence-electron chi connectivity index (χ2n) is 6.82. The zero-order valence-corrected chi connectivity index (χ0v) is 15.1. The Balaban J connectivity index is 1.82. The third kappa shape index (κ3) is 3.47. The number of aliphatic carboxylic acids is 1. The number of hydrogen-bond acceptors (Lipinski definition) is 4. The van der Waals surface area contributed by atoms with Crippen LogP contribution in [0.2, 0.25) is 0 Å². The lowest BCUT2D eigenvalue weighted by molar-refractivity contribution is -0.146. The molecule has 0 saturated heterocycles. The molecule has 0 spiro atoms. The maximum atomic E-state index is 12.7. The third-order valence-corrected chi connectivity index (χ3v) is 6.55. The van der Waals surface area contributed by atoms with Crippen molar-refractivity contribution in [2.45, 2.75) is 45.4 Å². The number of carbonyl (C=O) groups excluding carboxylic acids is 1. The molecule has 0 unspecified atom stereocenters. The van der Waals surface area contributed by atoms with Crippen LogP contribution in [0.25, 0.3) is 0 Å². The number of fused-ring (bicyclic) bond motifs is 1. The molecule has 3 rings (SSSR count). The molecule has 1 amide bonds. The fourth-order valence-electron chi connectivity index (χ4n) is 3.79. The van der Waals surface area contributed by atoms with Gasteiger partial charge in [0.25, 0.3) is 0 Å². The molecule has 0 saturated carbocycles. The van der Waals surface area contributed by atoms with Crippen molar-refractivity contribution in [1.82, 2.24) is 0 Å². The van der Waals surface area contributed by atoms with Crippen LogP contribution in [0.5, 0.6) is 0 Å². The molecule has 2 N–H and O–H groups in total. The van der Waals surface area contributed by atoms with Crippen molar-refractivity contribution >= 4 is 28.2 Å². The van der Waals surface area contributed by atoms with Crippen molar-refractivity contribution in [2.75, 3.05) is 5.32 Å². The molecule has 1 aromatic rings. The van der Waals surface area contributed by atoms with Crippen LogP contribution >= 0.6 is 11.3 Å². The summed E-state index contributed by atoms with van der Waals surface area (Å²) in [4.78, 5) is 25.3. The molecular weight excluding hydrogens is 336 g/mol. The summed E-state index contributed by atoms with van der Waals surface area (Å²) >= 11 is 1.49. The highest BCUT2D eigenvalue weighted by molar-refractivity contribution is 7.16. The van der Waals surface area contributed by atoms with E-state index >= 15 is 0 Å². The minimum Gasteiger partial charge on any atom is -0.481 e. The molecular formula is C19H22N2O3S. The summed E-state index contributed by atoms with van der Waals surface area (Å²) in [5.74, 6) is -1.88. The van der Waals surface area contributed by atoms with E-state index in [1.54, 1.807) is 0 Å². The number of amides is 1. The number of nitrogens with zero attached hydrogens (tertiary/aromatic N) is 1. The Morgan fingerprint density at radius 3 is 2.72 bits per heavy atom. The topological polar surface area (TPSA) is 90.2 Å². The number of allylic oxidation sites excluding steroid dienone is 2. The molecule has 6 heteroatoms. The van der Waals surface area contributed by atoms with Gasteiger partial charge >= 0.3 is 5.97 Å². The lowest BCUT2D eigenvalue weighted by Gasteiger charge is -2.23. The van der Waals surface area contributed by atoms with Crippen molar-refractivity contribution in [3.63, 3.8) is 0 Å². The molecule has 0 fully saturated rings. The van der Waals surface area contributed by atoms with Crippen molar-refractivity contribution in [3.8, 4) is 6.07 Å². The van der Waals surface area contributed by atoms with Crippen molar-refractivity contribution in [1.29, 1.82) is 5.26 Å². The van der Waals surface area contributed by atoms with Gasteiger partial charge in [-0.25, -0.2) is 0 Å². The van der Waals surface area contributed by atoms with Gasteiger partial charge in [0, 0.05) is 4.88 Å². The second kappa shape index (κ2) is 7.40. The number of carboxylic acids is 1. The molecule has 1 heterocycles. The Labute approximate surface area is 151 Å². The van der Waals surface area contributed by atoms with Gasteiger partial charge < -0.3 is 10.4 Å². The van der Waals surface area contributed by atoms with E-state index in [1.807, 2.05) is 12.2 Å². The van der Waals surface area contributed by atoms with Crippen LogP contribution in [0, 0.1) is 29.1 Å². The van der Waals surface area contributed by atoms with Gasteiger partial charge in [0.1, 0.15) is 11.1 Å². The summed E-state index contributed by atoms with van der Waals surface area (Å²) in [6, 6.07) is 2.24. The van der Waals surface area contributed by atoms with Crippen molar-refractivity contribution in [2.24, 2.45) is 17.8 Å². The Hall–Kier alpha value is -2.13. The Morgan fingerprint density at radius 2 is 2.08 bits per heavy atom. The SMILES string of the molecule is CC[C@H]1CCc2c(sc(NC(=O)[C@@H]3CC=CC[C@@H]3C(=O)O)c2C#N)C1. The lowest BCUT2D eigenvalue weighted by atomic mass is 9.82. The van der Waals surface area contributed by atoms with Gasteiger partial charge in [-0.1, -0.05) is 25.5 Å². The van der Waals surface area contributed by atoms with E-state index in [0.717, 1.165) is 31.2 Å². The minimum atomic E-state index is -0.943. The lowest BCUT2D eigenvalue weighted by Crippen LogP contribution is -2.34. The molecule has 0 aromatic carbocycles. The summed E-state index contributed by atoms with van der Waals surface area (Å²) in [7, 11) is 0. The van der Waals surface area contributed by atoms with Gasteiger partial charge in [-0.05, 0) is 43.6 Å². The fourth-order valence-corrected chi connectivity index (χ4v) is 5.11. The maximum Gasteiger partial charge on any atom is 0.307 e.